The van der Waals surface area contributed by atoms with E-state index in [1.165, 1.54) is 17.4 Å². The molecule has 3 rings (SSSR count). The van der Waals surface area contributed by atoms with Crippen LogP contribution >= 0.6 is 0 Å². The van der Waals surface area contributed by atoms with Gasteiger partial charge in [0.2, 0.25) is 0 Å². The minimum atomic E-state index is -0.266. The molecule has 3 aromatic rings. The maximum absolute atomic E-state index is 12.0. The van der Waals surface area contributed by atoms with Crippen LogP contribution in [0.15, 0.2) is 76.3 Å². The highest BCUT2D eigenvalue weighted by Gasteiger charge is 2.09. The topological polar surface area (TPSA) is 78.7 Å². The molecule has 0 saturated heterocycles. The van der Waals surface area contributed by atoms with Gasteiger partial charge in [0.15, 0.2) is 11.7 Å². The zero-order valence-corrected chi connectivity index (χ0v) is 17.6. The van der Waals surface area contributed by atoms with E-state index in [9.17, 15) is 4.79 Å². The second kappa shape index (κ2) is 10.3. The Morgan fingerprint density at radius 1 is 1.07 bits per heavy atom. The first-order chi connectivity index (χ1) is 14.5. The predicted molar refractivity (Wildman–Crippen MR) is 121 cm³/mol. The van der Waals surface area contributed by atoms with Crippen molar-refractivity contribution < 1.29 is 9.21 Å². The zero-order chi connectivity index (χ0) is 21.3. The van der Waals surface area contributed by atoms with Crippen LogP contribution < -0.4 is 16.0 Å². The number of amides is 1. The molecule has 0 radical (unpaired) electrons. The summed E-state index contributed by atoms with van der Waals surface area (Å²) in [5.74, 6) is 1.15. The lowest BCUT2D eigenvalue weighted by Gasteiger charge is -2.17. The van der Waals surface area contributed by atoms with Crippen LogP contribution in [0, 0.1) is 6.92 Å². The van der Waals surface area contributed by atoms with Gasteiger partial charge in [-0.15, -0.1) is 0 Å². The predicted octanol–water partition coefficient (Wildman–Crippen LogP) is 4.31. The molecule has 0 spiro atoms. The first-order valence-electron chi connectivity index (χ1n) is 10.00. The molecule has 1 aromatic heterocycles. The number of aliphatic imine (C=N–C) groups is 1. The Morgan fingerprint density at radius 3 is 2.53 bits per heavy atom. The Balaban J connectivity index is 1.47. The van der Waals surface area contributed by atoms with Crippen LogP contribution in [0.4, 0.5) is 5.69 Å². The number of furan rings is 1. The molecule has 1 unspecified atom stereocenters. The number of anilines is 1. The van der Waals surface area contributed by atoms with Crippen molar-refractivity contribution in [2.45, 2.75) is 26.3 Å². The zero-order valence-electron chi connectivity index (χ0n) is 17.6. The average molecular weight is 405 g/mol. The monoisotopic (exact) mass is 404 g/mol. The van der Waals surface area contributed by atoms with E-state index < -0.39 is 0 Å². The molecule has 1 heterocycles. The molecule has 1 atom stereocenters. The highest BCUT2D eigenvalue weighted by atomic mass is 16.3. The van der Waals surface area contributed by atoms with Crippen molar-refractivity contribution in [2.75, 3.05) is 18.9 Å². The van der Waals surface area contributed by atoms with Gasteiger partial charge < -0.3 is 20.4 Å². The lowest BCUT2D eigenvalue weighted by atomic mass is 9.99. The van der Waals surface area contributed by atoms with Crippen molar-refractivity contribution in [1.82, 2.24) is 10.6 Å². The van der Waals surface area contributed by atoms with Crippen molar-refractivity contribution in [3.63, 3.8) is 0 Å². The average Bonchev–Trinajstić information content (AvgIpc) is 3.30. The number of aryl methyl sites for hydroxylation is 1. The Kier molecular flexibility index (Phi) is 7.27. The van der Waals surface area contributed by atoms with Crippen molar-refractivity contribution in [3.8, 4) is 0 Å². The smallest absolute Gasteiger partial charge is 0.291 e. The number of carbonyl (C=O) groups excluding carboxylic acids is 1. The number of rotatable bonds is 7. The Morgan fingerprint density at radius 2 is 1.87 bits per heavy atom. The molecule has 0 bridgehead atoms. The third-order valence-electron chi connectivity index (χ3n) is 4.83. The molecule has 6 nitrogen and oxygen atoms in total. The first kappa shape index (κ1) is 21.2. The molecule has 6 heteroatoms. The SMILES string of the molecule is CN=C(NCc1ccc(NC(=O)c2ccco2)cc1)NCC(C)c1cccc(C)c1. The van der Waals surface area contributed by atoms with Gasteiger partial charge in [0.1, 0.15) is 0 Å². The molecule has 30 heavy (non-hydrogen) atoms. The van der Waals surface area contributed by atoms with Gasteiger partial charge in [-0.25, -0.2) is 0 Å². The standard InChI is InChI=1S/C24H28N4O2/c1-17-6-4-7-20(14-17)18(2)15-26-24(25-3)27-16-19-9-11-21(12-10-19)28-23(29)22-8-5-13-30-22/h4-14,18H,15-16H2,1-3H3,(H,28,29)(H2,25,26,27). The number of hydrogen-bond acceptors (Lipinski definition) is 3. The van der Waals surface area contributed by atoms with E-state index in [0.29, 0.717) is 12.5 Å². The summed E-state index contributed by atoms with van der Waals surface area (Å²) in [5.41, 5.74) is 4.38. The number of nitrogens with zero attached hydrogens (tertiary/aromatic N) is 1. The molecule has 0 aliphatic rings. The van der Waals surface area contributed by atoms with Gasteiger partial charge in [-0.2, -0.15) is 0 Å². The van der Waals surface area contributed by atoms with Gasteiger partial charge in [0.05, 0.1) is 6.26 Å². The van der Waals surface area contributed by atoms with Crippen LogP contribution in [0.25, 0.3) is 0 Å². The van der Waals surface area contributed by atoms with E-state index in [1.54, 1.807) is 19.2 Å². The molecular formula is C24H28N4O2. The number of nitrogens with one attached hydrogen (secondary N) is 3. The Bertz CT molecular complexity index is 979. The molecule has 0 saturated carbocycles. The molecule has 0 aliphatic heterocycles. The van der Waals surface area contributed by atoms with Crippen LogP contribution in [-0.2, 0) is 6.54 Å². The summed E-state index contributed by atoms with van der Waals surface area (Å²) >= 11 is 0. The second-order valence-electron chi connectivity index (χ2n) is 7.25. The van der Waals surface area contributed by atoms with Gasteiger partial charge in [0.25, 0.3) is 5.91 Å². The summed E-state index contributed by atoms with van der Waals surface area (Å²) in [6.07, 6.45) is 1.48. The van der Waals surface area contributed by atoms with E-state index in [1.807, 2.05) is 24.3 Å². The van der Waals surface area contributed by atoms with Gasteiger partial charge in [-0.05, 0) is 48.2 Å². The van der Waals surface area contributed by atoms with Gasteiger partial charge in [-0.1, -0.05) is 48.9 Å². The highest BCUT2D eigenvalue weighted by Crippen LogP contribution is 2.15. The third kappa shape index (κ3) is 5.98. The van der Waals surface area contributed by atoms with Gasteiger partial charge in [0, 0.05) is 25.8 Å². The van der Waals surface area contributed by atoms with Crippen molar-refractivity contribution in [3.05, 3.63) is 89.4 Å². The van der Waals surface area contributed by atoms with Crippen molar-refractivity contribution in [2.24, 2.45) is 4.99 Å². The highest BCUT2D eigenvalue weighted by molar-refractivity contribution is 6.02. The molecular weight excluding hydrogens is 376 g/mol. The lowest BCUT2D eigenvalue weighted by molar-refractivity contribution is 0.0996. The second-order valence-corrected chi connectivity index (χ2v) is 7.25. The minimum Gasteiger partial charge on any atom is -0.459 e. The summed E-state index contributed by atoms with van der Waals surface area (Å²) in [4.78, 5) is 16.3. The van der Waals surface area contributed by atoms with Crippen molar-refractivity contribution in [1.29, 1.82) is 0 Å². The van der Waals surface area contributed by atoms with Gasteiger partial charge >= 0.3 is 0 Å². The molecule has 3 N–H and O–H groups in total. The van der Waals surface area contributed by atoms with Crippen LogP contribution in [0.2, 0.25) is 0 Å². The normalized spacial score (nSPS) is 12.3. The Hall–Kier alpha value is -3.54. The fourth-order valence-electron chi connectivity index (χ4n) is 3.06. The number of hydrogen-bond donors (Lipinski definition) is 3. The summed E-state index contributed by atoms with van der Waals surface area (Å²) in [5, 5.41) is 9.52. The summed E-state index contributed by atoms with van der Waals surface area (Å²) < 4.78 is 5.10. The summed E-state index contributed by atoms with van der Waals surface area (Å²) in [6.45, 7) is 5.73. The van der Waals surface area contributed by atoms with Crippen LogP contribution in [-0.4, -0.2) is 25.5 Å². The molecule has 2 aromatic carbocycles. The van der Waals surface area contributed by atoms with Crippen LogP contribution in [0.5, 0.6) is 0 Å². The fraction of sp³-hybridized carbons (Fsp3) is 0.250. The third-order valence-corrected chi connectivity index (χ3v) is 4.83. The van der Waals surface area contributed by atoms with Gasteiger partial charge in [-0.3, -0.25) is 9.79 Å². The van der Waals surface area contributed by atoms with E-state index in [2.05, 4.69) is 59.1 Å². The van der Waals surface area contributed by atoms with E-state index in [0.717, 1.165) is 23.8 Å². The van der Waals surface area contributed by atoms with Crippen LogP contribution in [0.1, 0.15) is 40.1 Å². The quantitative estimate of drug-likeness (QED) is 0.405. The maximum Gasteiger partial charge on any atom is 0.291 e. The van der Waals surface area contributed by atoms with E-state index in [-0.39, 0.29) is 11.7 Å². The number of benzene rings is 2. The molecule has 156 valence electrons. The van der Waals surface area contributed by atoms with E-state index in [4.69, 9.17) is 4.42 Å². The van der Waals surface area contributed by atoms with E-state index >= 15 is 0 Å². The van der Waals surface area contributed by atoms with Crippen LogP contribution in [0.3, 0.4) is 0 Å². The minimum absolute atomic E-state index is 0.266. The van der Waals surface area contributed by atoms with Crippen molar-refractivity contribution >= 4 is 17.6 Å². The summed E-state index contributed by atoms with van der Waals surface area (Å²) in [7, 11) is 1.76. The largest absolute Gasteiger partial charge is 0.459 e. The summed E-state index contributed by atoms with van der Waals surface area (Å²) in [6, 6.07) is 19.6. The number of guanidine groups is 1. The molecule has 1 amide bonds. The lowest BCUT2D eigenvalue weighted by Crippen LogP contribution is -2.38. The Labute approximate surface area is 177 Å². The first-order valence-corrected chi connectivity index (χ1v) is 10.00. The number of carbonyl (C=O) groups is 1. The molecule has 0 aliphatic carbocycles. The molecule has 0 fully saturated rings. The maximum atomic E-state index is 12.0. The fourth-order valence-corrected chi connectivity index (χ4v) is 3.06.